The normalized spacial score (nSPS) is 13.3. The van der Waals surface area contributed by atoms with Crippen LogP contribution < -0.4 is 5.73 Å². The lowest BCUT2D eigenvalue weighted by molar-refractivity contribution is 0.128. The van der Waals surface area contributed by atoms with E-state index >= 15 is 0 Å². The van der Waals surface area contributed by atoms with Crippen molar-refractivity contribution in [1.29, 1.82) is 0 Å². The first kappa shape index (κ1) is 11.6. The summed E-state index contributed by atoms with van der Waals surface area (Å²) in [5.74, 6) is 0. The molecule has 1 aromatic heterocycles. The molecule has 1 rings (SSSR count). The van der Waals surface area contributed by atoms with E-state index in [1.165, 1.54) is 12.1 Å². The monoisotopic (exact) mass is 240 g/mol. The zero-order valence-electron chi connectivity index (χ0n) is 7.05. The van der Waals surface area contributed by atoms with E-state index in [2.05, 4.69) is 4.98 Å². The third-order valence-corrected chi connectivity index (χ3v) is 2.19. The highest BCUT2D eigenvalue weighted by Gasteiger charge is 2.16. The molecule has 2 N–H and O–H groups in total. The van der Waals surface area contributed by atoms with E-state index in [0.717, 1.165) is 0 Å². The Hall–Kier alpha value is -0.450. The fraction of sp³-hybridized carbons (Fsp3) is 0.375. The summed E-state index contributed by atoms with van der Waals surface area (Å²) in [5.41, 5.74) is 5.88. The van der Waals surface area contributed by atoms with Crippen molar-refractivity contribution in [2.24, 2.45) is 5.73 Å². The molecule has 0 aliphatic rings. The Kier molecular flexibility index (Phi) is 4.04. The Morgan fingerprint density at radius 2 is 2.00 bits per heavy atom. The van der Waals surface area contributed by atoms with Crippen LogP contribution in [0.4, 0.5) is 8.78 Å². The standard InChI is InChI=1S/C8H8Cl2F2N2/c9-6-2-1-4(8(10)14-6)5(13)3-7(11)12/h1-2,5,7H,3,13H2/t5-/m0/s1. The highest BCUT2D eigenvalue weighted by molar-refractivity contribution is 6.32. The molecule has 0 aliphatic carbocycles. The summed E-state index contributed by atoms with van der Waals surface area (Å²) in [5, 5.41) is 0.286. The number of aromatic nitrogens is 1. The molecular formula is C8H8Cl2F2N2. The Labute approximate surface area is 90.0 Å². The zero-order valence-corrected chi connectivity index (χ0v) is 8.56. The summed E-state index contributed by atoms with van der Waals surface area (Å²) in [4.78, 5) is 3.71. The van der Waals surface area contributed by atoms with Crippen LogP contribution in [-0.4, -0.2) is 11.4 Å². The van der Waals surface area contributed by atoms with Crippen LogP contribution >= 0.6 is 23.2 Å². The first-order valence-corrected chi connectivity index (χ1v) is 4.62. The highest BCUT2D eigenvalue weighted by Crippen LogP contribution is 2.25. The van der Waals surface area contributed by atoms with Crippen molar-refractivity contribution in [3.05, 3.63) is 28.0 Å². The van der Waals surface area contributed by atoms with Crippen molar-refractivity contribution in [3.8, 4) is 0 Å². The molecule has 0 aromatic carbocycles. The number of halogens is 4. The van der Waals surface area contributed by atoms with Gasteiger partial charge in [-0.2, -0.15) is 0 Å². The number of nitrogens with two attached hydrogens (primary N) is 1. The lowest BCUT2D eigenvalue weighted by atomic mass is 10.1. The number of pyridine rings is 1. The molecule has 1 heterocycles. The molecule has 0 radical (unpaired) electrons. The highest BCUT2D eigenvalue weighted by atomic mass is 35.5. The van der Waals surface area contributed by atoms with Crippen molar-refractivity contribution < 1.29 is 8.78 Å². The van der Waals surface area contributed by atoms with Gasteiger partial charge in [0.05, 0.1) is 0 Å². The molecule has 1 atom stereocenters. The van der Waals surface area contributed by atoms with E-state index in [1.807, 2.05) is 0 Å². The molecule has 0 spiro atoms. The fourth-order valence-electron chi connectivity index (χ4n) is 1.02. The molecule has 0 amide bonds. The van der Waals surface area contributed by atoms with E-state index in [-0.39, 0.29) is 10.3 Å². The van der Waals surface area contributed by atoms with Crippen molar-refractivity contribution in [2.45, 2.75) is 18.9 Å². The first-order valence-electron chi connectivity index (χ1n) is 3.86. The fourth-order valence-corrected chi connectivity index (χ4v) is 1.50. The Morgan fingerprint density at radius 1 is 1.36 bits per heavy atom. The summed E-state index contributed by atoms with van der Waals surface area (Å²) in [6, 6.07) is 2.16. The Bertz CT molecular complexity index is 320. The third-order valence-electron chi connectivity index (χ3n) is 1.68. The SMILES string of the molecule is N[C@@H](CC(F)F)c1ccc(Cl)nc1Cl. The van der Waals surface area contributed by atoms with Gasteiger partial charge in [0.15, 0.2) is 0 Å². The van der Waals surface area contributed by atoms with Gasteiger partial charge in [0, 0.05) is 18.0 Å². The number of alkyl halides is 2. The molecular weight excluding hydrogens is 233 g/mol. The molecule has 0 fully saturated rings. The second-order valence-electron chi connectivity index (χ2n) is 2.75. The molecule has 0 saturated heterocycles. The summed E-state index contributed by atoms with van der Waals surface area (Å²) < 4.78 is 24.0. The van der Waals surface area contributed by atoms with Crippen molar-refractivity contribution in [2.75, 3.05) is 0 Å². The van der Waals surface area contributed by atoms with E-state index < -0.39 is 18.9 Å². The van der Waals surface area contributed by atoms with Crippen LogP contribution in [0.15, 0.2) is 12.1 Å². The molecule has 0 saturated carbocycles. The van der Waals surface area contributed by atoms with Gasteiger partial charge in [0.25, 0.3) is 0 Å². The second-order valence-corrected chi connectivity index (χ2v) is 3.49. The van der Waals surface area contributed by atoms with Crippen LogP contribution in [-0.2, 0) is 0 Å². The predicted molar refractivity (Wildman–Crippen MR) is 51.8 cm³/mol. The van der Waals surface area contributed by atoms with Crippen LogP contribution in [0.3, 0.4) is 0 Å². The summed E-state index contributed by atoms with van der Waals surface area (Å²) in [6.07, 6.45) is -2.90. The van der Waals surface area contributed by atoms with E-state index in [9.17, 15) is 8.78 Å². The van der Waals surface area contributed by atoms with Gasteiger partial charge in [-0.1, -0.05) is 29.3 Å². The molecule has 2 nitrogen and oxygen atoms in total. The Balaban J connectivity index is 2.84. The Morgan fingerprint density at radius 3 is 2.50 bits per heavy atom. The first-order chi connectivity index (χ1) is 6.50. The molecule has 6 heteroatoms. The minimum atomic E-state index is -2.46. The van der Waals surface area contributed by atoms with Gasteiger partial charge < -0.3 is 5.73 Å². The average Bonchev–Trinajstić information content (AvgIpc) is 2.01. The van der Waals surface area contributed by atoms with Crippen LogP contribution in [0.5, 0.6) is 0 Å². The quantitative estimate of drug-likeness (QED) is 0.826. The second kappa shape index (κ2) is 4.87. The minimum absolute atomic E-state index is 0.0747. The smallest absolute Gasteiger partial charge is 0.240 e. The maximum atomic E-state index is 12.0. The molecule has 1 aromatic rings. The predicted octanol–water partition coefficient (Wildman–Crippen LogP) is 3.04. The third kappa shape index (κ3) is 3.04. The van der Waals surface area contributed by atoms with Crippen molar-refractivity contribution >= 4 is 23.2 Å². The maximum absolute atomic E-state index is 12.0. The lowest BCUT2D eigenvalue weighted by Crippen LogP contribution is -2.14. The van der Waals surface area contributed by atoms with Gasteiger partial charge in [-0.15, -0.1) is 0 Å². The largest absolute Gasteiger partial charge is 0.324 e. The number of rotatable bonds is 3. The van der Waals surface area contributed by atoms with Crippen LogP contribution in [0.25, 0.3) is 0 Å². The topological polar surface area (TPSA) is 38.9 Å². The molecule has 14 heavy (non-hydrogen) atoms. The van der Waals surface area contributed by atoms with Crippen LogP contribution in [0.1, 0.15) is 18.0 Å². The zero-order chi connectivity index (χ0) is 10.7. The summed E-state index contributed by atoms with van der Waals surface area (Å²) in [7, 11) is 0. The average molecular weight is 241 g/mol. The van der Waals surface area contributed by atoms with Gasteiger partial charge in [-0.3, -0.25) is 0 Å². The van der Waals surface area contributed by atoms with E-state index in [1.54, 1.807) is 0 Å². The van der Waals surface area contributed by atoms with E-state index in [0.29, 0.717) is 5.56 Å². The minimum Gasteiger partial charge on any atom is -0.324 e. The van der Waals surface area contributed by atoms with E-state index in [4.69, 9.17) is 28.9 Å². The number of hydrogen-bond donors (Lipinski definition) is 1. The molecule has 0 bridgehead atoms. The number of hydrogen-bond acceptors (Lipinski definition) is 2. The maximum Gasteiger partial charge on any atom is 0.240 e. The van der Waals surface area contributed by atoms with Gasteiger partial charge in [-0.05, 0) is 6.07 Å². The van der Waals surface area contributed by atoms with Crippen LogP contribution in [0, 0.1) is 0 Å². The number of nitrogens with zero attached hydrogens (tertiary/aromatic N) is 1. The lowest BCUT2D eigenvalue weighted by Gasteiger charge is -2.12. The molecule has 78 valence electrons. The van der Waals surface area contributed by atoms with Gasteiger partial charge in [0.1, 0.15) is 10.3 Å². The van der Waals surface area contributed by atoms with Gasteiger partial charge in [-0.25, -0.2) is 13.8 Å². The van der Waals surface area contributed by atoms with Crippen molar-refractivity contribution in [3.63, 3.8) is 0 Å². The molecule has 0 unspecified atom stereocenters. The van der Waals surface area contributed by atoms with Gasteiger partial charge in [0.2, 0.25) is 6.43 Å². The molecule has 0 aliphatic heterocycles. The van der Waals surface area contributed by atoms with Crippen molar-refractivity contribution in [1.82, 2.24) is 4.98 Å². The summed E-state index contributed by atoms with van der Waals surface area (Å²) in [6.45, 7) is 0. The van der Waals surface area contributed by atoms with Gasteiger partial charge >= 0.3 is 0 Å². The van der Waals surface area contributed by atoms with Crippen LogP contribution in [0.2, 0.25) is 10.3 Å². The summed E-state index contributed by atoms with van der Waals surface area (Å²) >= 11 is 11.2.